The van der Waals surface area contributed by atoms with Crippen LogP contribution in [0.3, 0.4) is 0 Å². The number of carbonyl (C=O) groups is 1. The van der Waals surface area contributed by atoms with E-state index in [1.807, 2.05) is 0 Å². The molecule has 0 aromatic rings. The van der Waals surface area contributed by atoms with E-state index >= 15 is 0 Å². The quantitative estimate of drug-likeness (QED) is 0.726. The van der Waals surface area contributed by atoms with Crippen LogP contribution in [0, 0.1) is 5.92 Å². The highest BCUT2D eigenvalue weighted by Crippen LogP contribution is 2.20. The Hall–Kier alpha value is -0.810. The van der Waals surface area contributed by atoms with E-state index in [1.54, 1.807) is 7.05 Å². The maximum atomic E-state index is 10.8. The van der Waals surface area contributed by atoms with Crippen LogP contribution in [0.5, 0.6) is 0 Å². The van der Waals surface area contributed by atoms with Crippen molar-refractivity contribution < 1.29 is 14.6 Å². The first-order chi connectivity index (χ1) is 7.15. The van der Waals surface area contributed by atoms with Crippen LogP contribution in [-0.2, 0) is 4.74 Å². The van der Waals surface area contributed by atoms with Crippen LogP contribution >= 0.6 is 0 Å². The van der Waals surface area contributed by atoms with E-state index in [1.165, 1.54) is 4.90 Å². The average molecular weight is 216 g/mol. The molecule has 1 heterocycles. The minimum atomic E-state index is -0.915. The van der Waals surface area contributed by atoms with Crippen molar-refractivity contribution in [1.29, 1.82) is 0 Å². The number of nitrogens with zero attached hydrogens (tertiary/aromatic N) is 1. The summed E-state index contributed by atoms with van der Waals surface area (Å²) in [4.78, 5) is 12.1. The predicted molar refractivity (Wildman–Crippen MR) is 56.8 cm³/mol. The molecule has 0 spiro atoms. The van der Waals surface area contributed by atoms with Gasteiger partial charge in [-0.1, -0.05) is 0 Å². The van der Waals surface area contributed by atoms with Crippen LogP contribution in [0.4, 0.5) is 4.79 Å². The number of amides is 1. The van der Waals surface area contributed by atoms with Crippen LogP contribution in [0.15, 0.2) is 0 Å². The van der Waals surface area contributed by atoms with E-state index in [2.05, 4.69) is 0 Å². The van der Waals surface area contributed by atoms with Gasteiger partial charge in [-0.05, 0) is 25.2 Å². The molecule has 2 atom stereocenters. The molecule has 0 saturated carbocycles. The summed E-state index contributed by atoms with van der Waals surface area (Å²) in [6.45, 7) is 1.95. The average Bonchev–Trinajstić information content (AvgIpc) is 2.26. The Morgan fingerprint density at radius 2 is 2.47 bits per heavy atom. The number of rotatable bonds is 4. The third kappa shape index (κ3) is 3.68. The molecule has 1 aliphatic heterocycles. The van der Waals surface area contributed by atoms with Crippen LogP contribution < -0.4 is 5.73 Å². The summed E-state index contributed by atoms with van der Waals surface area (Å²) in [5.74, 6) is 0.453. The molecule has 15 heavy (non-hydrogen) atoms. The summed E-state index contributed by atoms with van der Waals surface area (Å²) >= 11 is 0. The SMILES string of the molecule is CN(C(=O)O)[C@@H](CN)C[C@@H]1CCCOC1. The molecule has 1 fully saturated rings. The minimum absolute atomic E-state index is 0.0887. The van der Waals surface area contributed by atoms with Crippen molar-refractivity contribution in [3.05, 3.63) is 0 Å². The summed E-state index contributed by atoms with van der Waals surface area (Å²) in [5.41, 5.74) is 5.58. The van der Waals surface area contributed by atoms with E-state index in [4.69, 9.17) is 15.6 Å². The van der Waals surface area contributed by atoms with Gasteiger partial charge in [0.2, 0.25) is 0 Å². The second-order valence-corrected chi connectivity index (χ2v) is 4.10. The summed E-state index contributed by atoms with van der Waals surface area (Å²) in [5, 5.41) is 8.85. The fraction of sp³-hybridized carbons (Fsp3) is 0.900. The van der Waals surface area contributed by atoms with Crippen molar-refractivity contribution in [3.63, 3.8) is 0 Å². The van der Waals surface area contributed by atoms with E-state index in [-0.39, 0.29) is 6.04 Å². The second kappa shape index (κ2) is 5.92. The summed E-state index contributed by atoms with van der Waals surface area (Å²) in [6.07, 6.45) is 2.07. The maximum absolute atomic E-state index is 10.8. The topological polar surface area (TPSA) is 75.8 Å². The zero-order valence-corrected chi connectivity index (χ0v) is 9.19. The van der Waals surface area contributed by atoms with Crippen LogP contribution in [0.1, 0.15) is 19.3 Å². The minimum Gasteiger partial charge on any atom is -0.465 e. The van der Waals surface area contributed by atoms with Crippen molar-refractivity contribution in [1.82, 2.24) is 4.90 Å². The molecular weight excluding hydrogens is 196 g/mol. The Balaban J connectivity index is 2.41. The molecular formula is C10H20N2O3. The van der Waals surface area contributed by atoms with Gasteiger partial charge >= 0.3 is 6.09 Å². The van der Waals surface area contributed by atoms with Crippen LogP contribution in [0.25, 0.3) is 0 Å². The molecule has 0 unspecified atom stereocenters. The van der Waals surface area contributed by atoms with Crippen LogP contribution in [0.2, 0.25) is 0 Å². The predicted octanol–water partition coefficient (Wildman–Crippen LogP) is 0.740. The zero-order valence-electron chi connectivity index (χ0n) is 9.19. The Morgan fingerprint density at radius 1 is 1.73 bits per heavy atom. The van der Waals surface area contributed by atoms with Crippen molar-refractivity contribution in [2.75, 3.05) is 26.8 Å². The molecule has 1 rings (SSSR count). The van der Waals surface area contributed by atoms with Gasteiger partial charge in [-0.2, -0.15) is 0 Å². The molecule has 5 nitrogen and oxygen atoms in total. The van der Waals surface area contributed by atoms with Gasteiger partial charge in [0.25, 0.3) is 0 Å². The second-order valence-electron chi connectivity index (χ2n) is 4.10. The number of nitrogens with two attached hydrogens (primary N) is 1. The van der Waals surface area contributed by atoms with E-state index in [0.29, 0.717) is 12.5 Å². The number of hydrogen-bond donors (Lipinski definition) is 2. The zero-order chi connectivity index (χ0) is 11.3. The molecule has 3 N–H and O–H groups in total. The standard InChI is InChI=1S/C10H20N2O3/c1-12(10(13)14)9(6-11)5-8-3-2-4-15-7-8/h8-9H,2-7,11H2,1H3,(H,13,14)/t8-,9+/m0/s1. The Labute approximate surface area is 90.2 Å². The van der Waals surface area contributed by atoms with E-state index in [9.17, 15) is 4.79 Å². The molecule has 88 valence electrons. The van der Waals surface area contributed by atoms with Crippen molar-refractivity contribution in [3.8, 4) is 0 Å². The number of carboxylic acid groups (broad SMARTS) is 1. The van der Waals surface area contributed by atoms with Gasteiger partial charge in [0.05, 0.1) is 0 Å². The fourth-order valence-electron chi connectivity index (χ4n) is 1.95. The van der Waals surface area contributed by atoms with Crippen molar-refractivity contribution >= 4 is 6.09 Å². The molecule has 1 aliphatic rings. The van der Waals surface area contributed by atoms with Gasteiger partial charge in [-0.3, -0.25) is 0 Å². The number of likely N-dealkylation sites (N-methyl/N-ethyl adjacent to an activating group) is 1. The summed E-state index contributed by atoms with van der Waals surface area (Å²) in [7, 11) is 1.57. The lowest BCUT2D eigenvalue weighted by Crippen LogP contribution is -2.43. The Bertz CT molecular complexity index is 205. The lowest BCUT2D eigenvalue weighted by Gasteiger charge is -2.30. The molecule has 5 heteroatoms. The molecule has 0 aromatic carbocycles. The lowest BCUT2D eigenvalue weighted by molar-refractivity contribution is 0.0405. The maximum Gasteiger partial charge on any atom is 0.407 e. The van der Waals surface area contributed by atoms with Crippen molar-refractivity contribution in [2.45, 2.75) is 25.3 Å². The highest BCUT2D eigenvalue weighted by molar-refractivity contribution is 5.64. The first-order valence-electron chi connectivity index (χ1n) is 5.38. The molecule has 1 amide bonds. The van der Waals surface area contributed by atoms with Gasteiger partial charge in [-0.15, -0.1) is 0 Å². The van der Waals surface area contributed by atoms with Gasteiger partial charge < -0.3 is 20.5 Å². The summed E-state index contributed by atoms with van der Waals surface area (Å²) in [6, 6.07) is -0.0887. The normalized spacial score (nSPS) is 23.5. The van der Waals surface area contributed by atoms with E-state index in [0.717, 1.165) is 32.5 Å². The Kier molecular flexibility index (Phi) is 4.84. The third-order valence-corrected chi connectivity index (χ3v) is 2.98. The van der Waals surface area contributed by atoms with Crippen LogP contribution in [-0.4, -0.2) is 48.9 Å². The summed E-state index contributed by atoms with van der Waals surface area (Å²) < 4.78 is 5.36. The van der Waals surface area contributed by atoms with E-state index < -0.39 is 6.09 Å². The molecule has 0 bridgehead atoms. The lowest BCUT2D eigenvalue weighted by atomic mass is 9.94. The molecule has 1 saturated heterocycles. The van der Waals surface area contributed by atoms with Gasteiger partial charge in [0.15, 0.2) is 0 Å². The molecule has 0 radical (unpaired) electrons. The largest absolute Gasteiger partial charge is 0.465 e. The first-order valence-corrected chi connectivity index (χ1v) is 5.38. The number of hydrogen-bond acceptors (Lipinski definition) is 3. The molecule has 0 aliphatic carbocycles. The van der Waals surface area contributed by atoms with Gasteiger partial charge in [-0.25, -0.2) is 4.79 Å². The number of ether oxygens (including phenoxy) is 1. The first kappa shape index (κ1) is 12.3. The monoisotopic (exact) mass is 216 g/mol. The smallest absolute Gasteiger partial charge is 0.407 e. The highest BCUT2D eigenvalue weighted by atomic mass is 16.5. The van der Waals surface area contributed by atoms with Gasteiger partial charge in [0, 0.05) is 32.8 Å². The highest BCUT2D eigenvalue weighted by Gasteiger charge is 2.23. The van der Waals surface area contributed by atoms with Crippen molar-refractivity contribution in [2.24, 2.45) is 11.7 Å². The third-order valence-electron chi connectivity index (χ3n) is 2.98. The fourth-order valence-corrected chi connectivity index (χ4v) is 1.95. The van der Waals surface area contributed by atoms with Gasteiger partial charge in [0.1, 0.15) is 0 Å². The Morgan fingerprint density at radius 3 is 2.93 bits per heavy atom. The molecule has 0 aromatic heterocycles.